The Bertz CT molecular complexity index is 808. The molecular formula is C23H37N5O2. The third-order valence-electron chi connectivity index (χ3n) is 4.99. The molecule has 30 heavy (non-hydrogen) atoms. The van der Waals surface area contributed by atoms with Crippen molar-refractivity contribution >= 4 is 23.3 Å². The molecule has 166 valence electrons. The molecule has 7 nitrogen and oxygen atoms in total. The van der Waals surface area contributed by atoms with Crippen molar-refractivity contribution < 1.29 is 12.4 Å². The van der Waals surface area contributed by atoms with Gasteiger partial charge in [-0.05, 0) is 49.4 Å². The lowest BCUT2D eigenvalue weighted by Gasteiger charge is -2.32. The van der Waals surface area contributed by atoms with Crippen LogP contribution in [0, 0.1) is 12.8 Å². The fourth-order valence-electron chi connectivity index (χ4n) is 3.19. The van der Waals surface area contributed by atoms with E-state index in [4.69, 9.17) is 0 Å². The van der Waals surface area contributed by atoms with Crippen LogP contribution in [0.25, 0.3) is 0 Å². The first-order valence-electron chi connectivity index (χ1n) is 10.8. The smallest absolute Gasteiger partial charge is 0.269 e. The molecule has 2 N–H and O–H groups in total. The largest absolute Gasteiger partial charge is 0.357 e. The van der Waals surface area contributed by atoms with Crippen molar-refractivity contribution in [3.8, 4) is 0 Å². The van der Waals surface area contributed by atoms with E-state index in [9.17, 15) is 9.59 Å². The Morgan fingerprint density at radius 1 is 1.10 bits per heavy atom. The zero-order valence-corrected chi connectivity index (χ0v) is 18.4. The van der Waals surface area contributed by atoms with Gasteiger partial charge in [-0.15, -0.1) is 0 Å². The van der Waals surface area contributed by atoms with Crippen LogP contribution in [0.4, 0.5) is 11.5 Å². The van der Waals surface area contributed by atoms with Crippen molar-refractivity contribution in [1.29, 1.82) is 0 Å². The highest BCUT2D eigenvalue weighted by molar-refractivity contribution is 5.92. The van der Waals surface area contributed by atoms with Crippen LogP contribution in [-0.4, -0.2) is 41.4 Å². The molecule has 2 aromatic rings. The standard InChI is InChI=1S/C21H27N5O2.C2H6.2H2/c1-3-20(27)25-17-5-7-19(23-14-17)26-10-8-16(9-11-26)13-24-21(28)18-6-4-15(2)12-22-18;1-2;;/h4-7,12,14,16H,3,8-11,13H2,1-2H3,(H,24,28)(H,25,27);1-2H3;2*1H. The van der Waals surface area contributed by atoms with E-state index in [1.807, 2.05) is 45.9 Å². The van der Waals surface area contributed by atoms with Crippen LogP contribution in [0.3, 0.4) is 0 Å². The molecule has 1 fully saturated rings. The Kier molecular flexibility index (Phi) is 9.25. The number of nitrogens with zero attached hydrogens (tertiary/aromatic N) is 3. The molecule has 0 aromatic carbocycles. The van der Waals surface area contributed by atoms with Gasteiger partial charge in [0.25, 0.3) is 5.91 Å². The molecule has 2 amide bonds. The lowest BCUT2D eigenvalue weighted by molar-refractivity contribution is -0.115. The zero-order chi connectivity index (χ0) is 21.9. The van der Waals surface area contributed by atoms with E-state index in [1.165, 1.54) is 0 Å². The highest BCUT2D eigenvalue weighted by Crippen LogP contribution is 2.22. The lowest BCUT2D eigenvalue weighted by Crippen LogP contribution is -2.39. The second-order valence-electron chi connectivity index (χ2n) is 7.17. The molecule has 0 radical (unpaired) electrons. The maximum absolute atomic E-state index is 12.2. The fourth-order valence-corrected chi connectivity index (χ4v) is 3.19. The van der Waals surface area contributed by atoms with Gasteiger partial charge in [-0.3, -0.25) is 14.6 Å². The zero-order valence-electron chi connectivity index (χ0n) is 18.4. The van der Waals surface area contributed by atoms with Crippen LogP contribution in [0.2, 0.25) is 0 Å². The van der Waals surface area contributed by atoms with E-state index in [1.54, 1.807) is 18.5 Å². The SMILES string of the molecule is CC.CCC(=O)Nc1ccc(N2CCC(CNC(=O)c3ccc(C)cn3)CC2)nc1.[HH].[HH]. The number of piperidine rings is 1. The molecule has 1 saturated heterocycles. The number of hydrogen-bond donors (Lipinski definition) is 2. The van der Waals surface area contributed by atoms with E-state index in [0.29, 0.717) is 24.6 Å². The predicted molar refractivity (Wildman–Crippen MR) is 125 cm³/mol. The first-order chi connectivity index (χ1) is 14.5. The number of carbonyl (C=O) groups is 2. The Hall–Kier alpha value is -2.96. The number of amides is 2. The van der Waals surface area contributed by atoms with E-state index in [0.717, 1.165) is 43.0 Å². The third-order valence-corrected chi connectivity index (χ3v) is 4.99. The number of anilines is 2. The van der Waals surface area contributed by atoms with Gasteiger partial charge in [-0.2, -0.15) is 0 Å². The van der Waals surface area contributed by atoms with Crippen molar-refractivity contribution in [2.24, 2.45) is 5.92 Å². The minimum absolute atomic E-state index is 0. The molecular weight excluding hydrogens is 378 g/mol. The van der Waals surface area contributed by atoms with Crippen LogP contribution in [0.5, 0.6) is 0 Å². The summed E-state index contributed by atoms with van der Waals surface area (Å²) in [7, 11) is 0. The normalized spacial score (nSPS) is 13.8. The molecule has 1 aliphatic heterocycles. The van der Waals surface area contributed by atoms with Gasteiger partial charge in [0, 0.05) is 35.1 Å². The van der Waals surface area contributed by atoms with Crippen molar-refractivity contribution in [2.75, 3.05) is 29.9 Å². The van der Waals surface area contributed by atoms with E-state index in [2.05, 4.69) is 25.5 Å². The summed E-state index contributed by atoms with van der Waals surface area (Å²) in [6.45, 7) is 10.2. The van der Waals surface area contributed by atoms with Crippen LogP contribution < -0.4 is 15.5 Å². The van der Waals surface area contributed by atoms with Crippen molar-refractivity contribution in [3.05, 3.63) is 47.9 Å². The number of nitrogens with one attached hydrogen (secondary N) is 2. The van der Waals surface area contributed by atoms with E-state index < -0.39 is 0 Å². The molecule has 0 unspecified atom stereocenters. The van der Waals surface area contributed by atoms with E-state index >= 15 is 0 Å². The summed E-state index contributed by atoms with van der Waals surface area (Å²) in [6, 6.07) is 7.48. The second kappa shape index (κ2) is 11.9. The molecule has 0 saturated carbocycles. The van der Waals surface area contributed by atoms with E-state index in [-0.39, 0.29) is 14.7 Å². The van der Waals surface area contributed by atoms with Gasteiger partial charge >= 0.3 is 0 Å². The van der Waals surface area contributed by atoms with Gasteiger partial charge < -0.3 is 15.5 Å². The Morgan fingerprint density at radius 3 is 2.40 bits per heavy atom. The third kappa shape index (κ3) is 6.83. The minimum atomic E-state index is -0.117. The molecule has 0 spiro atoms. The maximum atomic E-state index is 12.2. The van der Waals surface area contributed by atoms with Gasteiger partial charge in [0.05, 0.1) is 11.9 Å². The number of carbonyl (C=O) groups excluding carboxylic acids is 2. The molecule has 2 aromatic heterocycles. The molecule has 1 aliphatic rings. The maximum Gasteiger partial charge on any atom is 0.269 e. The summed E-state index contributed by atoms with van der Waals surface area (Å²) >= 11 is 0. The highest BCUT2D eigenvalue weighted by atomic mass is 16.2. The summed E-state index contributed by atoms with van der Waals surface area (Å²) in [5.74, 6) is 1.24. The summed E-state index contributed by atoms with van der Waals surface area (Å²) in [4.78, 5) is 34.5. The quantitative estimate of drug-likeness (QED) is 0.734. The average molecular weight is 416 g/mol. The number of aryl methyl sites for hydroxylation is 1. The summed E-state index contributed by atoms with van der Waals surface area (Å²) in [5, 5.41) is 5.81. The highest BCUT2D eigenvalue weighted by Gasteiger charge is 2.21. The number of hydrogen-bond acceptors (Lipinski definition) is 5. The van der Waals surface area contributed by atoms with Crippen LogP contribution in [0.15, 0.2) is 36.7 Å². The number of pyridine rings is 2. The molecule has 0 bridgehead atoms. The number of rotatable bonds is 6. The summed E-state index contributed by atoms with van der Waals surface area (Å²) in [5.41, 5.74) is 2.22. The number of aromatic nitrogens is 2. The first kappa shape index (κ1) is 23.3. The van der Waals surface area contributed by atoms with Crippen molar-refractivity contribution in [1.82, 2.24) is 15.3 Å². The monoisotopic (exact) mass is 415 g/mol. The lowest BCUT2D eigenvalue weighted by atomic mass is 9.96. The average Bonchev–Trinajstić information content (AvgIpc) is 2.80. The Morgan fingerprint density at radius 2 is 1.83 bits per heavy atom. The molecule has 7 heteroatoms. The van der Waals surface area contributed by atoms with Gasteiger partial charge in [-0.1, -0.05) is 26.8 Å². The molecule has 0 aliphatic carbocycles. The fraction of sp³-hybridized carbons (Fsp3) is 0.478. The summed E-state index contributed by atoms with van der Waals surface area (Å²) < 4.78 is 0. The molecule has 0 atom stereocenters. The van der Waals surface area contributed by atoms with Crippen molar-refractivity contribution in [3.63, 3.8) is 0 Å². The van der Waals surface area contributed by atoms with Gasteiger partial charge in [0.2, 0.25) is 5.91 Å². The summed E-state index contributed by atoms with van der Waals surface area (Å²) in [6.07, 6.45) is 5.85. The van der Waals surface area contributed by atoms with Gasteiger partial charge in [0.15, 0.2) is 0 Å². The molecule has 3 heterocycles. The topological polar surface area (TPSA) is 87.2 Å². The second-order valence-corrected chi connectivity index (χ2v) is 7.17. The molecule has 3 rings (SSSR count). The van der Waals surface area contributed by atoms with Gasteiger partial charge in [0.1, 0.15) is 11.5 Å². The van der Waals surface area contributed by atoms with Crippen LogP contribution >= 0.6 is 0 Å². The van der Waals surface area contributed by atoms with Gasteiger partial charge in [-0.25, -0.2) is 4.98 Å². The van der Waals surface area contributed by atoms with Crippen molar-refractivity contribution in [2.45, 2.75) is 47.0 Å². The van der Waals surface area contributed by atoms with Crippen LogP contribution in [-0.2, 0) is 4.79 Å². The first-order valence-corrected chi connectivity index (χ1v) is 10.8. The Labute approximate surface area is 182 Å². The minimum Gasteiger partial charge on any atom is -0.357 e. The Balaban J connectivity index is 0.00000234. The predicted octanol–water partition coefficient (Wildman–Crippen LogP) is 4.30. The van der Waals surface area contributed by atoms with Crippen LogP contribution in [0.1, 0.15) is 58.9 Å².